The second-order valence-corrected chi connectivity index (χ2v) is 5.86. The SMILES string of the molecule is CC(C)(C)NC(=O)CCNc1ccc(C(N)=S)cc1. The van der Waals surface area contributed by atoms with Crippen LogP contribution in [0.25, 0.3) is 0 Å². The lowest BCUT2D eigenvalue weighted by molar-refractivity contribution is -0.122. The highest BCUT2D eigenvalue weighted by atomic mass is 32.1. The maximum atomic E-state index is 11.6. The van der Waals surface area contributed by atoms with E-state index in [1.54, 1.807) is 0 Å². The van der Waals surface area contributed by atoms with Gasteiger partial charge < -0.3 is 16.4 Å². The summed E-state index contributed by atoms with van der Waals surface area (Å²) in [4.78, 5) is 12.0. The van der Waals surface area contributed by atoms with Gasteiger partial charge in [-0.3, -0.25) is 4.79 Å². The van der Waals surface area contributed by atoms with Crippen molar-refractivity contribution >= 4 is 28.8 Å². The average molecular weight is 279 g/mol. The van der Waals surface area contributed by atoms with Crippen LogP contribution in [0.3, 0.4) is 0 Å². The van der Waals surface area contributed by atoms with Crippen molar-refractivity contribution in [3.63, 3.8) is 0 Å². The zero-order chi connectivity index (χ0) is 14.5. The van der Waals surface area contributed by atoms with E-state index in [1.165, 1.54) is 0 Å². The summed E-state index contributed by atoms with van der Waals surface area (Å²) in [5.74, 6) is 0.0414. The molecule has 1 rings (SSSR count). The Balaban J connectivity index is 2.37. The third kappa shape index (κ3) is 6.20. The van der Waals surface area contributed by atoms with Gasteiger partial charge in [-0.25, -0.2) is 0 Å². The van der Waals surface area contributed by atoms with Gasteiger partial charge in [-0.2, -0.15) is 0 Å². The smallest absolute Gasteiger partial charge is 0.222 e. The highest BCUT2D eigenvalue weighted by molar-refractivity contribution is 7.80. The van der Waals surface area contributed by atoms with Crippen molar-refractivity contribution in [3.05, 3.63) is 29.8 Å². The molecule has 1 amide bonds. The lowest BCUT2D eigenvalue weighted by Crippen LogP contribution is -2.41. The Morgan fingerprint density at radius 3 is 2.32 bits per heavy atom. The first-order chi connectivity index (χ1) is 8.78. The number of anilines is 1. The number of hydrogen-bond acceptors (Lipinski definition) is 3. The van der Waals surface area contributed by atoms with Crippen molar-refractivity contribution in [2.75, 3.05) is 11.9 Å². The Kier molecular flexibility index (Phi) is 5.30. The molecule has 0 unspecified atom stereocenters. The number of rotatable bonds is 5. The fourth-order valence-corrected chi connectivity index (χ4v) is 1.69. The zero-order valence-electron chi connectivity index (χ0n) is 11.6. The van der Waals surface area contributed by atoms with Crippen LogP contribution in [0.4, 0.5) is 5.69 Å². The Hall–Kier alpha value is -1.62. The molecule has 19 heavy (non-hydrogen) atoms. The number of carbonyl (C=O) groups excluding carboxylic acids is 1. The summed E-state index contributed by atoms with van der Waals surface area (Å²) in [7, 11) is 0. The predicted octanol–water partition coefficient (Wildman–Crippen LogP) is 2.04. The van der Waals surface area contributed by atoms with Crippen molar-refractivity contribution in [1.29, 1.82) is 0 Å². The minimum atomic E-state index is -0.185. The van der Waals surface area contributed by atoms with Gasteiger partial charge in [0.05, 0.1) is 0 Å². The number of nitrogens with two attached hydrogens (primary N) is 1. The Morgan fingerprint density at radius 1 is 1.26 bits per heavy atom. The number of thiocarbonyl (C=S) groups is 1. The molecule has 0 bridgehead atoms. The lowest BCUT2D eigenvalue weighted by Gasteiger charge is -2.20. The van der Waals surface area contributed by atoms with Crippen LogP contribution in [0.2, 0.25) is 0 Å². The normalized spacial score (nSPS) is 10.9. The van der Waals surface area contributed by atoms with Gasteiger partial charge in [0.25, 0.3) is 0 Å². The Bertz CT molecular complexity index is 449. The molecule has 0 aliphatic carbocycles. The molecule has 0 saturated heterocycles. The summed E-state index contributed by atoms with van der Waals surface area (Å²) in [6.45, 7) is 6.49. The highest BCUT2D eigenvalue weighted by Gasteiger charge is 2.12. The molecule has 5 heteroatoms. The Morgan fingerprint density at radius 2 is 1.84 bits per heavy atom. The third-order valence-corrected chi connectivity index (χ3v) is 2.60. The maximum absolute atomic E-state index is 11.6. The number of nitrogens with one attached hydrogen (secondary N) is 2. The van der Waals surface area contributed by atoms with Crippen LogP contribution in [0.5, 0.6) is 0 Å². The van der Waals surface area contributed by atoms with Crippen LogP contribution in [0.15, 0.2) is 24.3 Å². The minimum Gasteiger partial charge on any atom is -0.389 e. The topological polar surface area (TPSA) is 67.2 Å². The molecule has 0 heterocycles. The van der Waals surface area contributed by atoms with Gasteiger partial charge in [0.15, 0.2) is 0 Å². The molecule has 4 nitrogen and oxygen atoms in total. The van der Waals surface area contributed by atoms with Gasteiger partial charge in [0.1, 0.15) is 4.99 Å². The summed E-state index contributed by atoms with van der Waals surface area (Å²) in [5, 5.41) is 6.10. The summed E-state index contributed by atoms with van der Waals surface area (Å²) in [6, 6.07) is 7.52. The molecule has 0 spiro atoms. The molecule has 0 radical (unpaired) electrons. The molecule has 4 N–H and O–H groups in total. The van der Waals surface area contributed by atoms with Crippen LogP contribution in [0.1, 0.15) is 32.8 Å². The second kappa shape index (κ2) is 6.52. The molecular weight excluding hydrogens is 258 g/mol. The summed E-state index contributed by atoms with van der Waals surface area (Å²) in [5.41, 5.74) is 7.12. The molecule has 0 fully saturated rings. The molecule has 0 atom stereocenters. The van der Waals surface area contributed by atoms with Crippen LogP contribution >= 0.6 is 12.2 Å². The van der Waals surface area contributed by atoms with E-state index < -0.39 is 0 Å². The van der Waals surface area contributed by atoms with Crippen LogP contribution < -0.4 is 16.4 Å². The molecule has 1 aromatic rings. The molecule has 0 aromatic heterocycles. The van der Waals surface area contributed by atoms with Crippen LogP contribution in [-0.2, 0) is 4.79 Å². The van der Waals surface area contributed by atoms with Crippen molar-refractivity contribution in [2.24, 2.45) is 5.73 Å². The van der Waals surface area contributed by atoms with E-state index >= 15 is 0 Å². The monoisotopic (exact) mass is 279 g/mol. The first-order valence-electron chi connectivity index (χ1n) is 6.23. The molecule has 0 saturated carbocycles. The summed E-state index contributed by atoms with van der Waals surface area (Å²) < 4.78 is 0. The average Bonchev–Trinajstić information content (AvgIpc) is 2.27. The van der Waals surface area contributed by atoms with Gasteiger partial charge in [-0.15, -0.1) is 0 Å². The quantitative estimate of drug-likeness (QED) is 0.722. The van der Waals surface area contributed by atoms with Gasteiger partial charge in [-0.05, 0) is 45.0 Å². The largest absolute Gasteiger partial charge is 0.389 e. The Labute approximate surface area is 119 Å². The van der Waals surface area contributed by atoms with Crippen molar-refractivity contribution < 1.29 is 4.79 Å². The standard InChI is InChI=1S/C14H21N3OS/c1-14(2,3)17-12(18)8-9-16-11-6-4-10(5-7-11)13(15)19/h4-7,16H,8-9H2,1-3H3,(H2,15,19)(H,17,18). The lowest BCUT2D eigenvalue weighted by atomic mass is 10.1. The van der Waals surface area contributed by atoms with Crippen molar-refractivity contribution in [3.8, 4) is 0 Å². The fourth-order valence-electron chi connectivity index (χ4n) is 1.55. The predicted molar refractivity (Wildman–Crippen MR) is 83.3 cm³/mol. The number of hydrogen-bond donors (Lipinski definition) is 3. The van der Waals surface area contributed by atoms with Gasteiger partial charge in [0.2, 0.25) is 5.91 Å². The van der Waals surface area contributed by atoms with Crippen molar-refractivity contribution in [2.45, 2.75) is 32.7 Å². The maximum Gasteiger partial charge on any atom is 0.222 e. The highest BCUT2D eigenvalue weighted by Crippen LogP contribution is 2.09. The molecular formula is C14H21N3OS. The molecule has 104 valence electrons. The van der Waals surface area contributed by atoms with Crippen LogP contribution in [0, 0.1) is 0 Å². The molecule has 0 aliphatic heterocycles. The first-order valence-corrected chi connectivity index (χ1v) is 6.63. The van der Waals surface area contributed by atoms with E-state index in [-0.39, 0.29) is 11.4 Å². The fraction of sp³-hybridized carbons (Fsp3) is 0.429. The van der Waals surface area contributed by atoms with E-state index in [2.05, 4.69) is 10.6 Å². The zero-order valence-corrected chi connectivity index (χ0v) is 12.4. The van der Waals surface area contributed by atoms with Gasteiger partial charge >= 0.3 is 0 Å². The number of benzene rings is 1. The van der Waals surface area contributed by atoms with E-state index in [0.29, 0.717) is 18.0 Å². The van der Waals surface area contributed by atoms with E-state index in [0.717, 1.165) is 11.3 Å². The second-order valence-electron chi connectivity index (χ2n) is 5.42. The van der Waals surface area contributed by atoms with Gasteiger partial charge in [0, 0.05) is 29.8 Å². The molecule has 1 aromatic carbocycles. The van der Waals surface area contributed by atoms with Crippen LogP contribution in [-0.4, -0.2) is 23.0 Å². The third-order valence-electron chi connectivity index (χ3n) is 2.37. The molecule has 0 aliphatic rings. The van der Waals surface area contributed by atoms with E-state index in [4.69, 9.17) is 18.0 Å². The number of amides is 1. The number of carbonyl (C=O) groups is 1. The van der Waals surface area contributed by atoms with Gasteiger partial charge in [-0.1, -0.05) is 12.2 Å². The summed E-state index contributed by atoms with van der Waals surface area (Å²) in [6.07, 6.45) is 0.439. The first kappa shape index (κ1) is 15.4. The van der Waals surface area contributed by atoms with E-state index in [9.17, 15) is 4.79 Å². The van der Waals surface area contributed by atoms with E-state index in [1.807, 2.05) is 45.0 Å². The summed E-state index contributed by atoms with van der Waals surface area (Å²) >= 11 is 4.88. The minimum absolute atomic E-state index is 0.0414. The van der Waals surface area contributed by atoms with Crippen molar-refractivity contribution in [1.82, 2.24) is 5.32 Å².